The van der Waals surface area contributed by atoms with Crippen molar-refractivity contribution in [3.8, 4) is 5.75 Å². The summed E-state index contributed by atoms with van der Waals surface area (Å²) in [4.78, 5) is 26.5. The van der Waals surface area contributed by atoms with Gasteiger partial charge in [0.15, 0.2) is 6.10 Å². The largest absolute Gasteiger partial charge is 0.479 e. The van der Waals surface area contributed by atoms with Gasteiger partial charge in [-0.2, -0.15) is 5.10 Å². The van der Waals surface area contributed by atoms with Gasteiger partial charge in [-0.25, -0.2) is 9.78 Å². The zero-order valence-corrected chi connectivity index (χ0v) is 17.0. The van der Waals surface area contributed by atoms with Crippen molar-refractivity contribution in [3.63, 3.8) is 0 Å². The molecule has 1 aromatic heterocycles. The molecule has 2 N–H and O–H groups in total. The number of carboxylic acids is 1. The first-order chi connectivity index (χ1) is 12.9. The molecule has 0 radical (unpaired) electrons. The molecule has 0 saturated carbocycles. The Morgan fingerprint density at radius 2 is 2.26 bits per heavy atom. The lowest BCUT2D eigenvalue weighted by Gasteiger charge is -2.12. The monoisotopic (exact) mass is 455 g/mol. The van der Waals surface area contributed by atoms with Crippen molar-refractivity contribution in [2.45, 2.75) is 26.4 Å². The minimum atomic E-state index is -1.04. The third-order valence-corrected chi connectivity index (χ3v) is 4.58. The Balaban J connectivity index is 1.93. The van der Waals surface area contributed by atoms with Crippen LogP contribution in [0.3, 0.4) is 0 Å². The highest BCUT2D eigenvalue weighted by Crippen LogP contribution is 2.26. The molecule has 0 aliphatic heterocycles. The number of esters is 1. The predicted molar refractivity (Wildman–Crippen MR) is 106 cm³/mol. The van der Waals surface area contributed by atoms with Gasteiger partial charge in [0.1, 0.15) is 5.75 Å². The molecule has 0 fully saturated rings. The first-order valence-electron chi connectivity index (χ1n) is 7.97. The summed E-state index contributed by atoms with van der Waals surface area (Å²) in [6.07, 6.45) is 0.761. The molecule has 1 atom stereocenters. The van der Waals surface area contributed by atoms with Gasteiger partial charge < -0.3 is 14.6 Å². The maximum Gasteiger partial charge on any atom is 0.344 e. The van der Waals surface area contributed by atoms with Crippen molar-refractivity contribution < 1.29 is 24.2 Å². The average molecular weight is 456 g/mol. The van der Waals surface area contributed by atoms with E-state index in [-0.39, 0.29) is 12.4 Å². The van der Waals surface area contributed by atoms with E-state index < -0.39 is 12.1 Å². The van der Waals surface area contributed by atoms with Crippen LogP contribution in [-0.4, -0.2) is 41.0 Å². The van der Waals surface area contributed by atoms with Crippen molar-refractivity contribution in [3.05, 3.63) is 39.3 Å². The topological polar surface area (TPSA) is 110 Å². The molecule has 144 valence electrons. The van der Waals surface area contributed by atoms with Crippen molar-refractivity contribution >= 4 is 50.6 Å². The zero-order chi connectivity index (χ0) is 19.8. The van der Waals surface area contributed by atoms with Crippen LogP contribution < -0.4 is 10.2 Å². The molecule has 1 heterocycles. The summed E-state index contributed by atoms with van der Waals surface area (Å²) in [5.74, 6) is -0.928. The third kappa shape index (κ3) is 6.65. The standard InChI is InChI=1S/C17H18BrN3O5S/c1-3-25-15(22)7-12-9-27-17(20-12)21-19-8-11-4-5-14(13(18)6-11)26-10(2)16(23)24/h4-6,8-10H,3,7H2,1-2H3,(H,20,21)(H,23,24). The molecule has 10 heteroatoms. The lowest BCUT2D eigenvalue weighted by molar-refractivity contribution is -0.144. The summed E-state index contributed by atoms with van der Waals surface area (Å²) in [6.45, 7) is 3.55. The number of aliphatic carboxylic acids is 1. The summed E-state index contributed by atoms with van der Waals surface area (Å²) in [5.41, 5.74) is 4.19. The fourth-order valence-electron chi connectivity index (χ4n) is 1.90. The number of ether oxygens (including phenoxy) is 2. The average Bonchev–Trinajstić information content (AvgIpc) is 3.04. The maximum atomic E-state index is 11.4. The van der Waals surface area contributed by atoms with Gasteiger partial charge in [0.2, 0.25) is 5.13 Å². The van der Waals surface area contributed by atoms with Gasteiger partial charge in [-0.3, -0.25) is 10.2 Å². The first kappa shape index (κ1) is 20.8. The SMILES string of the molecule is CCOC(=O)Cc1csc(NN=Cc2ccc(OC(C)C(=O)O)c(Br)c2)n1. The quantitative estimate of drug-likeness (QED) is 0.339. The number of aromatic nitrogens is 1. The Kier molecular flexibility index (Phi) is 7.74. The van der Waals surface area contributed by atoms with Crippen LogP contribution in [0, 0.1) is 0 Å². The minimum absolute atomic E-state index is 0.124. The summed E-state index contributed by atoms with van der Waals surface area (Å²) >= 11 is 4.68. The van der Waals surface area contributed by atoms with Gasteiger partial charge >= 0.3 is 11.9 Å². The smallest absolute Gasteiger partial charge is 0.344 e. The second-order valence-electron chi connectivity index (χ2n) is 5.28. The van der Waals surface area contributed by atoms with Crippen LogP contribution >= 0.6 is 27.3 Å². The van der Waals surface area contributed by atoms with E-state index in [4.69, 9.17) is 14.6 Å². The van der Waals surface area contributed by atoms with Crippen LogP contribution in [0.15, 0.2) is 33.2 Å². The molecular formula is C17H18BrN3O5S. The number of nitrogens with one attached hydrogen (secondary N) is 1. The Morgan fingerprint density at radius 3 is 2.93 bits per heavy atom. The molecule has 0 saturated heterocycles. The zero-order valence-electron chi connectivity index (χ0n) is 14.6. The number of nitrogens with zero attached hydrogens (tertiary/aromatic N) is 2. The maximum absolute atomic E-state index is 11.4. The van der Waals surface area contributed by atoms with E-state index in [1.807, 2.05) is 0 Å². The van der Waals surface area contributed by atoms with Gasteiger partial charge in [0.05, 0.1) is 29.4 Å². The predicted octanol–water partition coefficient (Wildman–Crippen LogP) is 3.31. The van der Waals surface area contributed by atoms with E-state index in [0.29, 0.717) is 27.7 Å². The number of hydrogen-bond donors (Lipinski definition) is 2. The number of carbonyl (C=O) groups excluding carboxylic acids is 1. The van der Waals surface area contributed by atoms with Gasteiger partial charge in [-0.1, -0.05) is 0 Å². The first-order valence-corrected chi connectivity index (χ1v) is 9.64. The van der Waals surface area contributed by atoms with E-state index in [9.17, 15) is 9.59 Å². The van der Waals surface area contributed by atoms with Crippen molar-refractivity contribution in [2.75, 3.05) is 12.0 Å². The third-order valence-electron chi connectivity index (χ3n) is 3.16. The number of anilines is 1. The molecule has 8 nitrogen and oxygen atoms in total. The second kappa shape index (κ2) is 10.0. The summed E-state index contributed by atoms with van der Waals surface area (Å²) < 4.78 is 10.8. The Labute approximate surface area is 168 Å². The van der Waals surface area contributed by atoms with Gasteiger partial charge in [-0.15, -0.1) is 11.3 Å². The number of carbonyl (C=O) groups is 2. The number of rotatable bonds is 9. The van der Waals surface area contributed by atoms with Gasteiger partial charge in [0.25, 0.3) is 0 Å². The number of benzene rings is 1. The fraction of sp³-hybridized carbons (Fsp3) is 0.294. The molecule has 0 bridgehead atoms. The molecular weight excluding hydrogens is 438 g/mol. The van der Waals surface area contributed by atoms with Crippen LogP contribution in [-0.2, 0) is 20.7 Å². The highest BCUT2D eigenvalue weighted by molar-refractivity contribution is 9.10. The molecule has 0 amide bonds. The highest BCUT2D eigenvalue weighted by atomic mass is 79.9. The molecule has 0 aliphatic carbocycles. The van der Waals surface area contributed by atoms with E-state index in [1.165, 1.54) is 18.3 Å². The van der Waals surface area contributed by atoms with Crippen molar-refractivity contribution in [1.29, 1.82) is 0 Å². The van der Waals surface area contributed by atoms with Crippen molar-refractivity contribution in [1.82, 2.24) is 4.98 Å². The number of hydrazone groups is 1. The minimum Gasteiger partial charge on any atom is -0.479 e. The van der Waals surface area contributed by atoms with E-state index in [2.05, 4.69) is 31.4 Å². The second-order valence-corrected chi connectivity index (χ2v) is 7.00. The van der Waals surface area contributed by atoms with Crippen molar-refractivity contribution in [2.24, 2.45) is 5.10 Å². The number of carboxylic acid groups (broad SMARTS) is 1. The van der Waals surface area contributed by atoms with E-state index in [0.717, 1.165) is 5.56 Å². The fourth-order valence-corrected chi connectivity index (χ4v) is 3.04. The van der Waals surface area contributed by atoms with Crippen LogP contribution in [0.4, 0.5) is 5.13 Å². The van der Waals surface area contributed by atoms with Crippen LogP contribution in [0.25, 0.3) is 0 Å². The van der Waals surface area contributed by atoms with E-state index >= 15 is 0 Å². The number of halogens is 1. The molecule has 0 aliphatic rings. The molecule has 2 rings (SSSR count). The molecule has 2 aromatic rings. The van der Waals surface area contributed by atoms with Gasteiger partial charge in [0, 0.05) is 5.38 Å². The molecule has 27 heavy (non-hydrogen) atoms. The lowest BCUT2D eigenvalue weighted by atomic mass is 10.2. The lowest BCUT2D eigenvalue weighted by Crippen LogP contribution is -2.23. The molecule has 1 aromatic carbocycles. The van der Waals surface area contributed by atoms with Gasteiger partial charge in [-0.05, 0) is 53.5 Å². The Morgan fingerprint density at radius 1 is 1.48 bits per heavy atom. The summed E-state index contributed by atoms with van der Waals surface area (Å²) in [7, 11) is 0. The number of hydrogen-bond acceptors (Lipinski definition) is 8. The Bertz CT molecular complexity index is 840. The highest BCUT2D eigenvalue weighted by Gasteiger charge is 2.14. The van der Waals surface area contributed by atoms with Crippen LogP contribution in [0.2, 0.25) is 0 Å². The molecule has 1 unspecified atom stereocenters. The van der Waals surface area contributed by atoms with Crippen LogP contribution in [0.5, 0.6) is 5.75 Å². The normalized spacial score (nSPS) is 12.0. The van der Waals surface area contributed by atoms with E-state index in [1.54, 1.807) is 36.7 Å². The summed E-state index contributed by atoms with van der Waals surface area (Å²) in [5, 5.41) is 15.3. The molecule has 0 spiro atoms. The van der Waals surface area contributed by atoms with Crippen LogP contribution in [0.1, 0.15) is 25.1 Å². The number of thiazole rings is 1. The summed E-state index contributed by atoms with van der Waals surface area (Å²) in [6, 6.07) is 5.16. The Hall–Kier alpha value is -2.46.